The maximum absolute atomic E-state index is 14.3. The summed E-state index contributed by atoms with van der Waals surface area (Å²) in [5, 5.41) is 35.9. The average molecular weight is 359 g/mol. The van der Waals surface area contributed by atoms with E-state index < -0.39 is 27.7 Å². The SMILES string of the molecule is C[C@@H](SC(CO)CO)[C@](O)(Cn1ccnn1)c1ccc(F)cc1F. The lowest BCUT2D eigenvalue weighted by Gasteiger charge is -2.35. The van der Waals surface area contributed by atoms with E-state index in [1.54, 1.807) is 6.92 Å². The smallest absolute Gasteiger partial charge is 0.132 e. The predicted molar refractivity (Wildman–Crippen MR) is 85.3 cm³/mol. The molecule has 0 aliphatic rings. The maximum Gasteiger partial charge on any atom is 0.132 e. The summed E-state index contributed by atoms with van der Waals surface area (Å²) >= 11 is 1.11. The lowest BCUT2D eigenvalue weighted by molar-refractivity contribution is 0.0126. The van der Waals surface area contributed by atoms with Crippen molar-refractivity contribution in [2.75, 3.05) is 13.2 Å². The van der Waals surface area contributed by atoms with Crippen LogP contribution in [0, 0.1) is 11.6 Å². The third-order valence-corrected chi connectivity index (χ3v) is 5.23. The Morgan fingerprint density at radius 3 is 2.54 bits per heavy atom. The van der Waals surface area contributed by atoms with E-state index in [4.69, 9.17) is 0 Å². The number of benzene rings is 1. The molecule has 132 valence electrons. The maximum atomic E-state index is 14.3. The van der Waals surface area contributed by atoms with Gasteiger partial charge in [0.15, 0.2) is 0 Å². The number of aliphatic hydroxyl groups excluding tert-OH is 2. The van der Waals surface area contributed by atoms with Crippen LogP contribution in [0.4, 0.5) is 8.78 Å². The second kappa shape index (κ2) is 8.02. The van der Waals surface area contributed by atoms with Gasteiger partial charge in [0.05, 0.1) is 31.2 Å². The summed E-state index contributed by atoms with van der Waals surface area (Å²) in [5.41, 5.74) is -1.84. The van der Waals surface area contributed by atoms with Crippen molar-refractivity contribution in [1.82, 2.24) is 15.0 Å². The van der Waals surface area contributed by atoms with Gasteiger partial charge in [0.25, 0.3) is 0 Å². The van der Waals surface area contributed by atoms with E-state index in [2.05, 4.69) is 10.3 Å². The van der Waals surface area contributed by atoms with Gasteiger partial charge in [-0.15, -0.1) is 16.9 Å². The topological polar surface area (TPSA) is 91.4 Å². The summed E-state index contributed by atoms with van der Waals surface area (Å²) in [6.45, 7) is 0.934. The lowest BCUT2D eigenvalue weighted by atomic mass is 9.90. The average Bonchev–Trinajstić information content (AvgIpc) is 3.04. The first-order valence-corrected chi connectivity index (χ1v) is 8.24. The van der Waals surface area contributed by atoms with E-state index >= 15 is 0 Å². The monoisotopic (exact) mass is 359 g/mol. The molecule has 1 aromatic heterocycles. The summed E-state index contributed by atoms with van der Waals surface area (Å²) in [6.07, 6.45) is 2.93. The predicted octanol–water partition coefficient (Wildman–Crippen LogP) is 0.919. The molecule has 0 spiro atoms. The fourth-order valence-corrected chi connectivity index (χ4v) is 3.56. The zero-order chi connectivity index (χ0) is 17.7. The van der Waals surface area contributed by atoms with Gasteiger partial charge < -0.3 is 15.3 Å². The molecule has 0 saturated carbocycles. The second-order valence-electron chi connectivity index (χ2n) is 5.41. The highest BCUT2D eigenvalue weighted by Crippen LogP contribution is 2.37. The third kappa shape index (κ3) is 4.10. The van der Waals surface area contributed by atoms with E-state index in [9.17, 15) is 24.1 Å². The molecule has 0 aliphatic heterocycles. The van der Waals surface area contributed by atoms with Gasteiger partial charge in [-0.1, -0.05) is 18.2 Å². The zero-order valence-electron chi connectivity index (χ0n) is 13.0. The molecule has 0 aliphatic carbocycles. The number of aromatic nitrogens is 3. The van der Waals surface area contributed by atoms with Gasteiger partial charge >= 0.3 is 0 Å². The number of hydrogen-bond acceptors (Lipinski definition) is 6. The van der Waals surface area contributed by atoms with Gasteiger partial charge in [0, 0.05) is 23.1 Å². The highest BCUT2D eigenvalue weighted by atomic mass is 32.2. The molecule has 0 bridgehead atoms. The van der Waals surface area contributed by atoms with E-state index in [1.807, 2.05) is 0 Å². The van der Waals surface area contributed by atoms with Crippen LogP contribution in [-0.4, -0.2) is 54.0 Å². The molecule has 0 amide bonds. The van der Waals surface area contributed by atoms with E-state index in [0.717, 1.165) is 17.8 Å². The number of rotatable bonds is 8. The molecule has 0 radical (unpaired) electrons. The molecule has 0 saturated heterocycles. The molecule has 2 rings (SSSR count). The molecular weight excluding hydrogens is 340 g/mol. The van der Waals surface area contributed by atoms with Gasteiger partial charge in [-0.2, -0.15) is 0 Å². The molecular formula is C15H19F2N3O3S. The summed E-state index contributed by atoms with van der Waals surface area (Å²) in [6, 6.07) is 2.96. The minimum atomic E-state index is -1.75. The van der Waals surface area contributed by atoms with Crippen LogP contribution >= 0.6 is 11.8 Å². The Kier molecular flexibility index (Phi) is 6.27. The Balaban J connectivity index is 2.40. The van der Waals surface area contributed by atoms with Gasteiger partial charge in [-0.25, -0.2) is 13.5 Å². The van der Waals surface area contributed by atoms with Crippen molar-refractivity contribution < 1.29 is 24.1 Å². The van der Waals surface area contributed by atoms with Crippen LogP contribution in [0.15, 0.2) is 30.6 Å². The van der Waals surface area contributed by atoms with Crippen LogP contribution in [0.25, 0.3) is 0 Å². The highest BCUT2D eigenvalue weighted by molar-refractivity contribution is 8.00. The van der Waals surface area contributed by atoms with E-state index in [0.29, 0.717) is 6.07 Å². The summed E-state index contributed by atoms with van der Waals surface area (Å²) in [7, 11) is 0. The summed E-state index contributed by atoms with van der Waals surface area (Å²) in [4.78, 5) is 0. The fourth-order valence-electron chi connectivity index (χ4n) is 2.38. The first kappa shape index (κ1) is 18.8. The van der Waals surface area contributed by atoms with E-state index in [1.165, 1.54) is 23.1 Å². The van der Waals surface area contributed by atoms with Gasteiger partial charge in [-0.05, 0) is 6.07 Å². The number of halogens is 2. The van der Waals surface area contributed by atoms with Crippen molar-refractivity contribution in [3.05, 3.63) is 47.8 Å². The lowest BCUT2D eigenvalue weighted by Crippen LogP contribution is -2.42. The highest BCUT2D eigenvalue weighted by Gasteiger charge is 2.40. The Morgan fingerprint density at radius 2 is 2.00 bits per heavy atom. The molecule has 0 unspecified atom stereocenters. The van der Waals surface area contributed by atoms with Crippen molar-refractivity contribution in [2.24, 2.45) is 0 Å². The van der Waals surface area contributed by atoms with Crippen molar-refractivity contribution in [1.29, 1.82) is 0 Å². The molecule has 3 N–H and O–H groups in total. The summed E-state index contributed by atoms with van der Waals surface area (Å²) in [5.74, 6) is -1.63. The quantitative estimate of drug-likeness (QED) is 0.649. The Morgan fingerprint density at radius 1 is 1.29 bits per heavy atom. The zero-order valence-corrected chi connectivity index (χ0v) is 13.8. The van der Waals surface area contributed by atoms with Crippen molar-refractivity contribution >= 4 is 11.8 Å². The minimum Gasteiger partial charge on any atom is -0.395 e. The van der Waals surface area contributed by atoms with E-state index in [-0.39, 0.29) is 25.3 Å². The van der Waals surface area contributed by atoms with Crippen LogP contribution in [0.5, 0.6) is 0 Å². The molecule has 9 heteroatoms. The molecule has 0 fully saturated rings. The van der Waals surface area contributed by atoms with Gasteiger partial charge in [-0.3, -0.25) is 0 Å². The Hall–Kier alpha value is -1.55. The standard InChI is InChI=1S/C15H19F2N3O3S/c1-10(24-12(7-21)8-22)15(23,9-20-5-4-18-19-20)13-3-2-11(16)6-14(13)17/h2-6,10,12,21-23H,7-9H2,1H3/t10-,15-/m1/s1. The molecule has 2 atom stereocenters. The van der Waals surface area contributed by atoms with Gasteiger partial charge in [0.2, 0.25) is 0 Å². The van der Waals surface area contributed by atoms with Crippen LogP contribution in [0.3, 0.4) is 0 Å². The van der Waals surface area contributed by atoms with Crippen LogP contribution < -0.4 is 0 Å². The molecule has 2 aromatic rings. The first-order valence-electron chi connectivity index (χ1n) is 7.30. The Labute approximate surface area is 142 Å². The number of nitrogens with zero attached hydrogens (tertiary/aromatic N) is 3. The molecule has 24 heavy (non-hydrogen) atoms. The molecule has 1 aromatic carbocycles. The number of aliphatic hydroxyl groups is 3. The molecule has 1 heterocycles. The van der Waals surface area contributed by atoms with Crippen molar-refractivity contribution in [3.8, 4) is 0 Å². The fraction of sp³-hybridized carbons (Fsp3) is 0.467. The number of thioether (sulfide) groups is 1. The Bertz CT molecular complexity index is 655. The van der Waals surface area contributed by atoms with Crippen molar-refractivity contribution in [2.45, 2.75) is 29.6 Å². The van der Waals surface area contributed by atoms with Crippen LogP contribution in [0.2, 0.25) is 0 Å². The normalized spacial score (nSPS) is 15.5. The second-order valence-corrected chi connectivity index (χ2v) is 7.06. The van der Waals surface area contributed by atoms with Crippen LogP contribution in [0.1, 0.15) is 12.5 Å². The van der Waals surface area contributed by atoms with Crippen molar-refractivity contribution in [3.63, 3.8) is 0 Å². The number of hydrogen-bond donors (Lipinski definition) is 3. The first-order chi connectivity index (χ1) is 11.4. The summed E-state index contributed by atoms with van der Waals surface area (Å²) < 4.78 is 28.8. The molecule has 6 nitrogen and oxygen atoms in total. The minimum absolute atomic E-state index is 0.0889. The van der Waals surface area contributed by atoms with Crippen LogP contribution in [-0.2, 0) is 12.1 Å². The third-order valence-electron chi connectivity index (χ3n) is 3.75. The largest absolute Gasteiger partial charge is 0.395 e. The van der Waals surface area contributed by atoms with Gasteiger partial charge in [0.1, 0.15) is 17.2 Å².